The Labute approximate surface area is 149 Å². The standard InChI is InChI=1S/C18H27N5O2/c1-15(17-21-19-14-22(17)2)20-18(24)23(12-13-25-3)11-7-10-16-8-5-4-6-9-16/h4-6,8-9,14-15H,7,10-13H2,1-3H3,(H,20,24). The molecule has 2 amide bonds. The number of nitrogens with one attached hydrogen (secondary N) is 1. The molecule has 1 N–H and O–H groups in total. The van der Waals surface area contributed by atoms with Crippen LogP contribution in [0.15, 0.2) is 36.7 Å². The zero-order valence-corrected chi connectivity index (χ0v) is 15.2. The van der Waals surface area contributed by atoms with E-state index in [4.69, 9.17) is 4.74 Å². The van der Waals surface area contributed by atoms with Crippen molar-refractivity contribution in [2.75, 3.05) is 26.8 Å². The van der Waals surface area contributed by atoms with Crippen molar-refractivity contribution in [2.45, 2.75) is 25.8 Å². The molecule has 0 aliphatic carbocycles. The van der Waals surface area contributed by atoms with Crippen LogP contribution in [0.2, 0.25) is 0 Å². The Bertz CT molecular complexity index is 644. The molecule has 1 unspecified atom stereocenters. The Morgan fingerprint density at radius 3 is 2.72 bits per heavy atom. The summed E-state index contributed by atoms with van der Waals surface area (Å²) in [6.45, 7) is 3.65. The number of carbonyl (C=O) groups is 1. The first-order valence-corrected chi connectivity index (χ1v) is 8.54. The molecule has 0 aliphatic rings. The number of ether oxygens (including phenoxy) is 1. The first-order valence-electron chi connectivity index (χ1n) is 8.54. The highest BCUT2D eigenvalue weighted by Gasteiger charge is 2.18. The summed E-state index contributed by atoms with van der Waals surface area (Å²) in [6, 6.07) is 9.97. The predicted octanol–water partition coefficient (Wildman–Crippen LogP) is 2.17. The van der Waals surface area contributed by atoms with E-state index in [1.807, 2.05) is 32.2 Å². The van der Waals surface area contributed by atoms with E-state index in [2.05, 4.69) is 27.6 Å². The van der Waals surface area contributed by atoms with E-state index < -0.39 is 0 Å². The molecule has 1 atom stereocenters. The number of nitrogens with zero attached hydrogens (tertiary/aromatic N) is 4. The molecular weight excluding hydrogens is 318 g/mol. The number of hydrogen-bond donors (Lipinski definition) is 1. The molecule has 0 spiro atoms. The zero-order valence-electron chi connectivity index (χ0n) is 15.2. The van der Waals surface area contributed by atoms with Gasteiger partial charge in [-0.1, -0.05) is 30.3 Å². The van der Waals surface area contributed by atoms with E-state index in [-0.39, 0.29) is 12.1 Å². The molecule has 1 heterocycles. The molecule has 0 fully saturated rings. The fourth-order valence-corrected chi connectivity index (χ4v) is 2.66. The van der Waals surface area contributed by atoms with Crippen molar-refractivity contribution in [3.05, 3.63) is 48.0 Å². The number of urea groups is 1. The molecule has 2 aromatic rings. The minimum Gasteiger partial charge on any atom is -0.383 e. The zero-order chi connectivity index (χ0) is 18.1. The van der Waals surface area contributed by atoms with Crippen LogP contribution in [0.5, 0.6) is 0 Å². The van der Waals surface area contributed by atoms with Gasteiger partial charge in [0.25, 0.3) is 0 Å². The fourth-order valence-electron chi connectivity index (χ4n) is 2.66. The number of amides is 2. The summed E-state index contributed by atoms with van der Waals surface area (Å²) < 4.78 is 6.94. The summed E-state index contributed by atoms with van der Waals surface area (Å²) in [6.07, 6.45) is 3.47. The molecule has 1 aromatic heterocycles. The maximum Gasteiger partial charge on any atom is 0.318 e. The fraction of sp³-hybridized carbons (Fsp3) is 0.500. The van der Waals surface area contributed by atoms with E-state index in [1.54, 1.807) is 22.9 Å². The molecule has 7 heteroatoms. The van der Waals surface area contributed by atoms with Gasteiger partial charge in [0, 0.05) is 27.2 Å². The maximum atomic E-state index is 12.6. The van der Waals surface area contributed by atoms with Crippen LogP contribution in [0.1, 0.15) is 30.8 Å². The summed E-state index contributed by atoms with van der Waals surface area (Å²) >= 11 is 0. The maximum absolute atomic E-state index is 12.6. The third kappa shape index (κ3) is 5.86. The second-order valence-corrected chi connectivity index (χ2v) is 6.04. The largest absolute Gasteiger partial charge is 0.383 e. The van der Waals surface area contributed by atoms with Crippen molar-refractivity contribution in [3.63, 3.8) is 0 Å². The molecule has 1 aromatic carbocycles. The summed E-state index contributed by atoms with van der Waals surface area (Å²) in [5.41, 5.74) is 1.28. The first-order chi connectivity index (χ1) is 12.1. The van der Waals surface area contributed by atoms with Crippen molar-refractivity contribution in [3.8, 4) is 0 Å². The molecule has 0 aliphatic heterocycles. The molecule has 25 heavy (non-hydrogen) atoms. The number of methoxy groups -OCH3 is 1. The monoisotopic (exact) mass is 345 g/mol. The van der Waals surface area contributed by atoms with Crippen LogP contribution in [0.4, 0.5) is 4.79 Å². The molecule has 7 nitrogen and oxygen atoms in total. The van der Waals surface area contributed by atoms with Gasteiger partial charge in [-0.25, -0.2) is 4.79 Å². The Kier molecular flexibility index (Phi) is 7.40. The smallest absolute Gasteiger partial charge is 0.318 e. The number of hydrogen-bond acceptors (Lipinski definition) is 4. The topological polar surface area (TPSA) is 72.3 Å². The Morgan fingerprint density at radius 1 is 1.32 bits per heavy atom. The lowest BCUT2D eigenvalue weighted by molar-refractivity contribution is 0.147. The molecule has 2 rings (SSSR count). The third-order valence-electron chi connectivity index (χ3n) is 4.06. The van der Waals surface area contributed by atoms with E-state index in [9.17, 15) is 4.79 Å². The minimum atomic E-state index is -0.209. The summed E-state index contributed by atoms with van der Waals surface area (Å²) in [7, 11) is 3.50. The van der Waals surface area contributed by atoms with Crippen molar-refractivity contribution in [2.24, 2.45) is 7.05 Å². The average Bonchev–Trinajstić information content (AvgIpc) is 3.04. The number of aromatic nitrogens is 3. The van der Waals surface area contributed by atoms with Crippen molar-refractivity contribution >= 4 is 6.03 Å². The van der Waals surface area contributed by atoms with Gasteiger partial charge in [-0.3, -0.25) is 0 Å². The highest BCUT2D eigenvalue weighted by Crippen LogP contribution is 2.09. The third-order valence-corrected chi connectivity index (χ3v) is 4.06. The van der Waals surface area contributed by atoms with Crippen LogP contribution < -0.4 is 5.32 Å². The number of aryl methyl sites for hydroxylation is 2. The van der Waals surface area contributed by atoms with Gasteiger partial charge in [-0.15, -0.1) is 10.2 Å². The van der Waals surface area contributed by atoms with Crippen LogP contribution in [-0.4, -0.2) is 52.5 Å². The van der Waals surface area contributed by atoms with Crippen molar-refractivity contribution in [1.29, 1.82) is 0 Å². The molecule has 0 saturated heterocycles. The van der Waals surface area contributed by atoms with E-state index in [0.717, 1.165) is 18.7 Å². The lowest BCUT2D eigenvalue weighted by Crippen LogP contribution is -2.43. The second kappa shape index (κ2) is 9.78. The quantitative estimate of drug-likeness (QED) is 0.756. The Morgan fingerprint density at radius 2 is 2.08 bits per heavy atom. The molecule has 0 bridgehead atoms. The van der Waals surface area contributed by atoms with Crippen molar-refractivity contribution in [1.82, 2.24) is 25.0 Å². The molecule has 0 radical (unpaired) electrons. The van der Waals surface area contributed by atoms with E-state index in [0.29, 0.717) is 19.7 Å². The van der Waals surface area contributed by atoms with Gasteiger partial charge in [0.1, 0.15) is 6.33 Å². The van der Waals surface area contributed by atoms with Crippen LogP contribution in [0, 0.1) is 0 Å². The van der Waals surface area contributed by atoms with Gasteiger partial charge in [0.15, 0.2) is 5.82 Å². The van der Waals surface area contributed by atoms with Gasteiger partial charge < -0.3 is 19.5 Å². The Hall–Kier alpha value is -2.41. The minimum absolute atomic E-state index is 0.111. The SMILES string of the molecule is COCCN(CCCc1ccccc1)C(=O)NC(C)c1nncn1C. The highest BCUT2D eigenvalue weighted by molar-refractivity contribution is 5.74. The second-order valence-electron chi connectivity index (χ2n) is 6.04. The Balaban J connectivity index is 1.88. The van der Waals surface area contributed by atoms with Crippen LogP contribution in [0.3, 0.4) is 0 Å². The van der Waals surface area contributed by atoms with Crippen LogP contribution >= 0.6 is 0 Å². The lowest BCUT2D eigenvalue weighted by Gasteiger charge is -2.25. The number of carbonyl (C=O) groups excluding carboxylic acids is 1. The van der Waals surface area contributed by atoms with E-state index in [1.165, 1.54) is 5.56 Å². The average molecular weight is 345 g/mol. The lowest BCUT2D eigenvalue weighted by atomic mass is 10.1. The van der Waals surface area contributed by atoms with Gasteiger partial charge in [0.2, 0.25) is 0 Å². The highest BCUT2D eigenvalue weighted by atomic mass is 16.5. The molecular formula is C18H27N5O2. The summed E-state index contributed by atoms with van der Waals surface area (Å²) in [5, 5.41) is 10.9. The van der Waals surface area contributed by atoms with Crippen LogP contribution in [0.25, 0.3) is 0 Å². The summed E-state index contributed by atoms with van der Waals surface area (Å²) in [4.78, 5) is 14.4. The van der Waals surface area contributed by atoms with Crippen molar-refractivity contribution < 1.29 is 9.53 Å². The number of rotatable bonds is 9. The predicted molar refractivity (Wildman–Crippen MR) is 96.2 cm³/mol. The normalized spacial score (nSPS) is 12.0. The van der Waals surface area contributed by atoms with Gasteiger partial charge >= 0.3 is 6.03 Å². The molecule has 136 valence electrons. The summed E-state index contributed by atoms with van der Waals surface area (Å²) in [5.74, 6) is 0.726. The molecule has 0 saturated carbocycles. The first kappa shape index (κ1) is 18.9. The van der Waals surface area contributed by atoms with Gasteiger partial charge in [0.05, 0.1) is 12.6 Å². The van der Waals surface area contributed by atoms with Crippen LogP contribution in [-0.2, 0) is 18.2 Å². The van der Waals surface area contributed by atoms with Gasteiger partial charge in [-0.2, -0.15) is 0 Å². The van der Waals surface area contributed by atoms with E-state index >= 15 is 0 Å². The number of benzene rings is 1. The van der Waals surface area contributed by atoms with Gasteiger partial charge in [-0.05, 0) is 25.3 Å².